The van der Waals surface area contributed by atoms with Gasteiger partial charge in [0.1, 0.15) is 6.10 Å². The summed E-state index contributed by atoms with van der Waals surface area (Å²) in [6, 6.07) is 0.357. The van der Waals surface area contributed by atoms with Gasteiger partial charge in [0, 0.05) is 19.1 Å². The highest BCUT2D eigenvalue weighted by atomic mass is 32.2. The van der Waals surface area contributed by atoms with Gasteiger partial charge in [0.15, 0.2) is 0 Å². The number of aromatic nitrogens is 4. The first-order valence-electron chi connectivity index (χ1n) is 10.5. The maximum absolute atomic E-state index is 12.3. The zero-order valence-electron chi connectivity index (χ0n) is 16.6. The van der Waals surface area contributed by atoms with Gasteiger partial charge in [-0.2, -0.15) is 0 Å². The van der Waals surface area contributed by atoms with Gasteiger partial charge in [-0.1, -0.05) is 37.4 Å². The van der Waals surface area contributed by atoms with Crippen molar-refractivity contribution < 1.29 is 14.3 Å². The minimum Gasteiger partial charge on any atom is -0.460 e. The van der Waals surface area contributed by atoms with E-state index >= 15 is 0 Å². The van der Waals surface area contributed by atoms with E-state index in [9.17, 15) is 9.59 Å². The lowest BCUT2D eigenvalue weighted by Crippen LogP contribution is -2.46. The SMILES string of the molecule is CC(=O)OC1CCCCC1NC(=O)CCCSc1nnnn1C1CCCCC1. The number of ether oxygens (including phenoxy) is 1. The maximum atomic E-state index is 12.3. The Balaban J connectivity index is 1.39. The molecule has 1 aromatic rings. The van der Waals surface area contributed by atoms with Crippen LogP contribution in [0.15, 0.2) is 5.16 Å². The third kappa shape index (κ3) is 6.18. The van der Waals surface area contributed by atoms with Crippen LogP contribution >= 0.6 is 11.8 Å². The normalized spacial score (nSPS) is 23.3. The summed E-state index contributed by atoms with van der Waals surface area (Å²) >= 11 is 1.62. The third-order valence-electron chi connectivity index (χ3n) is 5.53. The average Bonchev–Trinajstić information content (AvgIpc) is 3.16. The molecule has 8 nitrogen and oxygen atoms in total. The number of tetrazole rings is 1. The van der Waals surface area contributed by atoms with Crippen LogP contribution in [0.4, 0.5) is 0 Å². The van der Waals surface area contributed by atoms with Gasteiger partial charge in [-0.3, -0.25) is 9.59 Å². The Kier molecular flexibility index (Phi) is 8.12. The van der Waals surface area contributed by atoms with E-state index in [2.05, 4.69) is 20.8 Å². The molecule has 0 saturated heterocycles. The maximum Gasteiger partial charge on any atom is 0.302 e. The quantitative estimate of drug-likeness (QED) is 0.400. The fourth-order valence-electron chi connectivity index (χ4n) is 4.13. The Hall–Kier alpha value is -1.64. The van der Waals surface area contributed by atoms with Gasteiger partial charge >= 0.3 is 5.97 Å². The van der Waals surface area contributed by atoms with Crippen molar-refractivity contribution >= 4 is 23.6 Å². The number of rotatable bonds is 8. The molecule has 0 spiro atoms. The highest BCUT2D eigenvalue weighted by molar-refractivity contribution is 7.99. The van der Waals surface area contributed by atoms with Crippen molar-refractivity contribution in [3.05, 3.63) is 0 Å². The van der Waals surface area contributed by atoms with Crippen LogP contribution in [0, 0.1) is 0 Å². The number of hydrogen-bond donors (Lipinski definition) is 1. The van der Waals surface area contributed by atoms with Crippen molar-refractivity contribution in [3.8, 4) is 0 Å². The zero-order chi connectivity index (χ0) is 19.8. The Morgan fingerprint density at radius 3 is 2.68 bits per heavy atom. The van der Waals surface area contributed by atoms with Crippen molar-refractivity contribution in [2.45, 2.75) is 101 Å². The lowest BCUT2D eigenvalue weighted by Gasteiger charge is -2.31. The summed E-state index contributed by atoms with van der Waals surface area (Å²) in [5.74, 6) is 0.549. The van der Waals surface area contributed by atoms with Gasteiger partial charge in [-0.25, -0.2) is 4.68 Å². The second-order valence-electron chi connectivity index (χ2n) is 7.76. The molecule has 2 atom stereocenters. The molecule has 2 aliphatic carbocycles. The highest BCUT2D eigenvalue weighted by Crippen LogP contribution is 2.30. The first kappa shape index (κ1) is 21.1. The number of hydrogen-bond acceptors (Lipinski definition) is 7. The summed E-state index contributed by atoms with van der Waals surface area (Å²) in [5, 5.41) is 16.1. The van der Waals surface area contributed by atoms with Crippen LogP contribution in [-0.4, -0.2) is 50.0 Å². The van der Waals surface area contributed by atoms with Gasteiger partial charge in [-0.15, -0.1) is 5.10 Å². The van der Waals surface area contributed by atoms with Crippen LogP contribution in [0.1, 0.15) is 83.6 Å². The smallest absolute Gasteiger partial charge is 0.302 e. The minimum absolute atomic E-state index is 0.0246. The second-order valence-corrected chi connectivity index (χ2v) is 8.82. The number of amides is 1. The number of carbonyl (C=O) groups is 2. The van der Waals surface area contributed by atoms with E-state index in [1.54, 1.807) is 11.8 Å². The highest BCUT2D eigenvalue weighted by Gasteiger charge is 2.28. The summed E-state index contributed by atoms with van der Waals surface area (Å²) in [6.07, 6.45) is 10.9. The fraction of sp³-hybridized carbons (Fsp3) is 0.842. The number of thioether (sulfide) groups is 1. The van der Waals surface area contributed by atoms with Gasteiger partial charge in [0.25, 0.3) is 0 Å². The Morgan fingerprint density at radius 1 is 1.14 bits per heavy atom. The van der Waals surface area contributed by atoms with Crippen LogP contribution in [-0.2, 0) is 14.3 Å². The standard InChI is InChI=1S/C19H31N5O3S/c1-14(25)27-17-11-6-5-10-16(17)20-18(26)12-7-13-28-19-21-22-23-24(19)15-8-3-2-4-9-15/h15-17H,2-13H2,1H3,(H,20,26). The molecule has 1 aromatic heterocycles. The minimum atomic E-state index is -0.279. The molecule has 1 amide bonds. The zero-order valence-corrected chi connectivity index (χ0v) is 17.5. The molecule has 2 unspecified atom stereocenters. The molecule has 156 valence electrons. The predicted molar refractivity (Wildman–Crippen MR) is 106 cm³/mol. The monoisotopic (exact) mass is 409 g/mol. The molecule has 3 rings (SSSR count). The first-order chi connectivity index (χ1) is 13.6. The van der Waals surface area contributed by atoms with E-state index in [1.165, 1.54) is 26.2 Å². The molecule has 0 aromatic carbocycles. The summed E-state index contributed by atoms with van der Waals surface area (Å²) in [6.45, 7) is 1.42. The van der Waals surface area contributed by atoms with E-state index in [0.29, 0.717) is 12.5 Å². The van der Waals surface area contributed by atoms with Crippen molar-refractivity contribution in [3.63, 3.8) is 0 Å². The number of nitrogens with zero attached hydrogens (tertiary/aromatic N) is 4. The summed E-state index contributed by atoms with van der Waals surface area (Å²) in [4.78, 5) is 23.6. The number of nitrogens with one attached hydrogen (secondary N) is 1. The van der Waals surface area contributed by atoms with E-state index in [4.69, 9.17) is 4.74 Å². The van der Waals surface area contributed by atoms with E-state index in [0.717, 1.165) is 55.9 Å². The molecule has 0 bridgehead atoms. The molecular weight excluding hydrogens is 378 g/mol. The summed E-state index contributed by atoms with van der Waals surface area (Å²) in [5.41, 5.74) is 0. The van der Waals surface area contributed by atoms with Crippen molar-refractivity contribution in [1.82, 2.24) is 25.5 Å². The molecule has 0 radical (unpaired) electrons. The van der Waals surface area contributed by atoms with Gasteiger partial charge in [0.05, 0.1) is 12.1 Å². The van der Waals surface area contributed by atoms with Gasteiger partial charge in [-0.05, 0) is 49.0 Å². The van der Waals surface area contributed by atoms with Crippen LogP contribution in [0.2, 0.25) is 0 Å². The van der Waals surface area contributed by atoms with E-state index < -0.39 is 0 Å². The van der Waals surface area contributed by atoms with Gasteiger partial charge < -0.3 is 10.1 Å². The van der Waals surface area contributed by atoms with Crippen LogP contribution in [0.3, 0.4) is 0 Å². The molecule has 1 heterocycles. The second kappa shape index (κ2) is 10.8. The van der Waals surface area contributed by atoms with Gasteiger partial charge in [0.2, 0.25) is 11.1 Å². The van der Waals surface area contributed by atoms with Crippen LogP contribution < -0.4 is 5.32 Å². The Morgan fingerprint density at radius 2 is 1.89 bits per heavy atom. The molecule has 1 N–H and O–H groups in total. The molecular formula is C19H31N5O3S. The van der Waals surface area contributed by atoms with E-state index in [1.807, 2.05) is 4.68 Å². The third-order valence-corrected chi connectivity index (χ3v) is 6.55. The number of carbonyl (C=O) groups excluding carboxylic acids is 2. The molecule has 28 heavy (non-hydrogen) atoms. The van der Waals surface area contributed by atoms with Crippen LogP contribution in [0.5, 0.6) is 0 Å². The van der Waals surface area contributed by atoms with E-state index in [-0.39, 0.29) is 24.0 Å². The number of esters is 1. The first-order valence-corrected chi connectivity index (χ1v) is 11.5. The molecule has 0 aliphatic heterocycles. The summed E-state index contributed by atoms with van der Waals surface area (Å²) < 4.78 is 7.34. The van der Waals surface area contributed by atoms with Crippen molar-refractivity contribution in [1.29, 1.82) is 0 Å². The lowest BCUT2D eigenvalue weighted by atomic mass is 9.92. The lowest BCUT2D eigenvalue weighted by molar-refractivity contribution is -0.150. The molecule has 2 aliphatic rings. The Labute approximate surface area is 170 Å². The van der Waals surface area contributed by atoms with Crippen LogP contribution in [0.25, 0.3) is 0 Å². The Bertz CT molecular complexity index is 647. The van der Waals surface area contributed by atoms with Crippen molar-refractivity contribution in [2.24, 2.45) is 0 Å². The average molecular weight is 410 g/mol. The topological polar surface area (TPSA) is 99.0 Å². The van der Waals surface area contributed by atoms with Crippen molar-refractivity contribution in [2.75, 3.05) is 5.75 Å². The fourth-order valence-corrected chi connectivity index (χ4v) is 5.01. The molecule has 2 saturated carbocycles. The molecule has 2 fully saturated rings. The largest absolute Gasteiger partial charge is 0.460 e. The predicted octanol–water partition coefficient (Wildman–Crippen LogP) is 3.04. The summed E-state index contributed by atoms with van der Waals surface area (Å²) in [7, 11) is 0. The molecule has 9 heteroatoms.